The first-order chi connectivity index (χ1) is 8.67. The van der Waals surface area contributed by atoms with Gasteiger partial charge in [-0.2, -0.15) is 0 Å². The molecule has 1 N–H and O–H groups in total. The van der Waals surface area contributed by atoms with E-state index in [4.69, 9.17) is 0 Å². The van der Waals surface area contributed by atoms with Crippen molar-refractivity contribution < 1.29 is 8.78 Å². The second kappa shape index (κ2) is 4.59. The van der Waals surface area contributed by atoms with Crippen molar-refractivity contribution in [3.05, 3.63) is 35.9 Å². The molecular formula is C14H18F2N2. The normalized spacial score (nSPS) is 31.2. The van der Waals surface area contributed by atoms with Crippen LogP contribution in [0.2, 0.25) is 0 Å². The summed E-state index contributed by atoms with van der Waals surface area (Å²) >= 11 is 0. The predicted molar refractivity (Wildman–Crippen MR) is 66.6 cm³/mol. The van der Waals surface area contributed by atoms with Gasteiger partial charge in [-0.1, -0.05) is 30.3 Å². The van der Waals surface area contributed by atoms with Gasteiger partial charge in [-0.05, 0) is 18.5 Å². The molecule has 2 aliphatic heterocycles. The molecule has 18 heavy (non-hydrogen) atoms. The van der Waals surface area contributed by atoms with E-state index in [9.17, 15) is 8.78 Å². The Bertz CT molecular complexity index is 408. The molecule has 1 aromatic carbocycles. The number of nitrogens with one attached hydrogen (secondary N) is 1. The van der Waals surface area contributed by atoms with E-state index in [2.05, 4.69) is 5.32 Å². The van der Waals surface area contributed by atoms with E-state index in [0.29, 0.717) is 19.5 Å². The number of hydrogen-bond acceptors (Lipinski definition) is 2. The van der Waals surface area contributed by atoms with Crippen molar-refractivity contribution in [3.8, 4) is 0 Å². The Morgan fingerprint density at radius 3 is 2.83 bits per heavy atom. The summed E-state index contributed by atoms with van der Waals surface area (Å²) in [6.45, 7) is 1.93. The molecule has 2 aliphatic rings. The van der Waals surface area contributed by atoms with Gasteiger partial charge in [0.2, 0.25) is 0 Å². The van der Waals surface area contributed by atoms with Crippen LogP contribution < -0.4 is 5.32 Å². The number of alkyl halides is 2. The van der Waals surface area contributed by atoms with E-state index in [1.54, 1.807) is 0 Å². The first kappa shape index (κ1) is 12.1. The van der Waals surface area contributed by atoms with Crippen LogP contribution in [-0.4, -0.2) is 36.5 Å². The van der Waals surface area contributed by atoms with Gasteiger partial charge in [-0.25, -0.2) is 8.78 Å². The zero-order valence-corrected chi connectivity index (χ0v) is 10.3. The summed E-state index contributed by atoms with van der Waals surface area (Å²) in [6, 6.07) is 9.85. The van der Waals surface area contributed by atoms with Gasteiger partial charge in [-0.15, -0.1) is 0 Å². The molecule has 4 heteroatoms. The monoisotopic (exact) mass is 252 g/mol. The predicted octanol–water partition coefficient (Wildman–Crippen LogP) is 2.12. The summed E-state index contributed by atoms with van der Waals surface area (Å²) in [4.78, 5) is 1.94. The van der Waals surface area contributed by atoms with Gasteiger partial charge in [0, 0.05) is 25.0 Å². The first-order valence-electron chi connectivity index (χ1n) is 6.53. The maximum absolute atomic E-state index is 14.0. The van der Waals surface area contributed by atoms with Crippen molar-refractivity contribution in [1.82, 2.24) is 10.2 Å². The van der Waals surface area contributed by atoms with Crippen LogP contribution in [0.15, 0.2) is 30.3 Å². The summed E-state index contributed by atoms with van der Waals surface area (Å²) in [7, 11) is 0. The minimum atomic E-state index is -2.53. The highest BCUT2D eigenvalue weighted by molar-refractivity contribution is 5.16. The molecule has 98 valence electrons. The van der Waals surface area contributed by atoms with Gasteiger partial charge in [-0.3, -0.25) is 4.90 Å². The van der Waals surface area contributed by atoms with Crippen LogP contribution in [0.25, 0.3) is 0 Å². The van der Waals surface area contributed by atoms with Crippen LogP contribution in [0.1, 0.15) is 12.0 Å². The van der Waals surface area contributed by atoms with Gasteiger partial charge in [0.15, 0.2) is 0 Å². The molecule has 0 aromatic heterocycles. The van der Waals surface area contributed by atoms with Crippen LogP contribution in [-0.2, 0) is 6.54 Å². The molecule has 2 saturated heterocycles. The fourth-order valence-electron chi connectivity index (χ4n) is 3.21. The van der Waals surface area contributed by atoms with E-state index in [1.807, 2.05) is 35.2 Å². The molecular weight excluding hydrogens is 234 g/mol. The number of halogens is 2. The molecule has 0 spiro atoms. The van der Waals surface area contributed by atoms with Gasteiger partial charge < -0.3 is 5.32 Å². The zero-order chi connectivity index (χ0) is 12.6. The highest BCUT2D eigenvalue weighted by atomic mass is 19.3. The van der Waals surface area contributed by atoms with Crippen molar-refractivity contribution in [3.63, 3.8) is 0 Å². The SMILES string of the molecule is FC1(F)CN(Cc2ccccc2)C2CNCCC21. The largest absolute Gasteiger partial charge is 0.315 e. The molecule has 2 atom stereocenters. The van der Waals surface area contributed by atoms with Crippen molar-refractivity contribution in [2.75, 3.05) is 19.6 Å². The van der Waals surface area contributed by atoms with Gasteiger partial charge in [0.05, 0.1) is 6.54 Å². The minimum absolute atomic E-state index is 0.0195. The third-order valence-corrected chi connectivity index (χ3v) is 4.10. The molecule has 0 bridgehead atoms. The lowest BCUT2D eigenvalue weighted by Gasteiger charge is -2.32. The lowest BCUT2D eigenvalue weighted by atomic mass is 9.91. The summed E-state index contributed by atoms with van der Waals surface area (Å²) < 4.78 is 27.9. The van der Waals surface area contributed by atoms with Crippen LogP contribution in [0.4, 0.5) is 8.78 Å². The fourth-order valence-corrected chi connectivity index (χ4v) is 3.21. The number of likely N-dealkylation sites (tertiary alicyclic amines) is 1. The molecule has 0 amide bonds. The van der Waals surface area contributed by atoms with E-state index in [1.165, 1.54) is 0 Å². The third-order valence-electron chi connectivity index (χ3n) is 4.10. The molecule has 3 rings (SSSR count). The second-order valence-electron chi connectivity index (χ2n) is 5.32. The highest BCUT2D eigenvalue weighted by Gasteiger charge is 2.54. The molecule has 0 aliphatic carbocycles. The van der Waals surface area contributed by atoms with Crippen molar-refractivity contribution in [2.24, 2.45) is 5.92 Å². The Labute approximate surface area is 106 Å². The van der Waals surface area contributed by atoms with E-state index in [0.717, 1.165) is 12.1 Å². The number of piperidine rings is 1. The molecule has 2 nitrogen and oxygen atoms in total. The van der Waals surface area contributed by atoms with Gasteiger partial charge in [0.1, 0.15) is 0 Å². The maximum Gasteiger partial charge on any atom is 0.264 e. The molecule has 2 heterocycles. The average molecular weight is 252 g/mol. The average Bonchev–Trinajstić information content (AvgIpc) is 2.63. The molecule has 2 fully saturated rings. The second-order valence-corrected chi connectivity index (χ2v) is 5.32. The Balaban J connectivity index is 1.77. The van der Waals surface area contributed by atoms with Crippen molar-refractivity contribution in [2.45, 2.75) is 24.9 Å². The van der Waals surface area contributed by atoms with E-state index in [-0.39, 0.29) is 12.6 Å². The summed E-state index contributed by atoms with van der Waals surface area (Å²) in [5.74, 6) is -3.00. The number of benzene rings is 1. The lowest BCUT2D eigenvalue weighted by molar-refractivity contribution is -0.0358. The Morgan fingerprint density at radius 1 is 1.28 bits per heavy atom. The smallest absolute Gasteiger partial charge is 0.264 e. The number of nitrogens with zero attached hydrogens (tertiary/aromatic N) is 1. The minimum Gasteiger partial charge on any atom is -0.315 e. The Kier molecular flexibility index (Phi) is 3.08. The van der Waals surface area contributed by atoms with Crippen LogP contribution in [0, 0.1) is 5.92 Å². The summed E-state index contributed by atoms with van der Waals surface area (Å²) in [6.07, 6.45) is 0.586. The fraction of sp³-hybridized carbons (Fsp3) is 0.571. The van der Waals surface area contributed by atoms with E-state index >= 15 is 0 Å². The van der Waals surface area contributed by atoms with Crippen molar-refractivity contribution >= 4 is 0 Å². The Hall–Kier alpha value is -1.00. The summed E-state index contributed by atoms with van der Waals surface area (Å²) in [5.41, 5.74) is 1.11. The Morgan fingerprint density at radius 2 is 2.06 bits per heavy atom. The number of rotatable bonds is 2. The number of hydrogen-bond donors (Lipinski definition) is 1. The third kappa shape index (κ3) is 2.15. The van der Waals surface area contributed by atoms with Gasteiger partial charge >= 0.3 is 0 Å². The molecule has 2 unspecified atom stereocenters. The maximum atomic E-state index is 14.0. The highest BCUT2D eigenvalue weighted by Crippen LogP contribution is 2.41. The quantitative estimate of drug-likeness (QED) is 0.867. The molecule has 0 radical (unpaired) electrons. The zero-order valence-electron chi connectivity index (χ0n) is 10.3. The van der Waals surface area contributed by atoms with Gasteiger partial charge in [0.25, 0.3) is 5.92 Å². The summed E-state index contributed by atoms with van der Waals surface area (Å²) in [5, 5.41) is 3.23. The molecule has 0 saturated carbocycles. The number of fused-ring (bicyclic) bond motifs is 1. The topological polar surface area (TPSA) is 15.3 Å². The van der Waals surface area contributed by atoms with Crippen molar-refractivity contribution in [1.29, 1.82) is 0 Å². The van der Waals surface area contributed by atoms with E-state index < -0.39 is 11.8 Å². The molecule has 1 aromatic rings. The van der Waals surface area contributed by atoms with Crippen LogP contribution in [0.5, 0.6) is 0 Å². The standard InChI is InChI=1S/C14H18F2N2/c15-14(16)10-18(9-11-4-2-1-3-5-11)13-8-17-7-6-12(13)14/h1-5,12-13,17H,6-10H2. The lowest BCUT2D eigenvalue weighted by Crippen LogP contribution is -2.46. The first-order valence-corrected chi connectivity index (χ1v) is 6.53. The van der Waals surface area contributed by atoms with Crippen LogP contribution >= 0.6 is 0 Å². The van der Waals surface area contributed by atoms with Crippen LogP contribution in [0.3, 0.4) is 0 Å².